The molecule has 1 aromatic heterocycles. The molecule has 0 amide bonds. The van der Waals surface area contributed by atoms with Crippen LogP contribution in [0.15, 0.2) is 34.7 Å². The first-order valence-corrected chi connectivity index (χ1v) is 9.46. The molecule has 6 heteroatoms. The summed E-state index contributed by atoms with van der Waals surface area (Å²) >= 11 is 12.0. The third kappa shape index (κ3) is 5.50. The van der Waals surface area contributed by atoms with Gasteiger partial charge in [-0.15, -0.1) is 0 Å². The van der Waals surface area contributed by atoms with Crippen LogP contribution in [0.4, 0.5) is 0 Å². The molecule has 1 aromatic carbocycles. The van der Waals surface area contributed by atoms with Gasteiger partial charge in [0.25, 0.3) is 0 Å². The molecule has 0 N–H and O–H groups in total. The molecule has 0 aliphatic heterocycles. The fourth-order valence-corrected chi connectivity index (χ4v) is 2.98. The van der Waals surface area contributed by atoms with Crippen molar-refractivity contribution in [2.24, 2.45) is 5.41 Å². The number of nitrogens with zero attached hydrogens (tertiary/aromatic N) is 1. The molecule has 0 unspecified atom stereocenters. The Bertz CT molecular complexity index is 751. The fourth-order valence-electron chi connectivity index (χ4n) is 2.68. The van der Waals surface area contributed by atoms with Crippen LogP contribution in [0.25, 0.3) is 11.3 Å². The van der Waals surface area contributed by atoms with Crippen molar-refractivity contribution >= 4 is 29.2 Å². The Hall–Kier alpha value is -1.49. The predicted octanol–water partition coefficient (Wildman–Crippen LogP) is 5.78. The summed E-state index contributed by atoms with van der Waals surface area (Å²) in [6, 6.07) is 8.50. The summed E-state index contributed by atoms with van der Waals surface area (Å²) in [5.41, 5.74) is 0.612. The predicted molar refractivity (Wildman–Crippen MR) is 106 cm³/mol. The van der Waals surface area contributed by atoms with E-state index in [4.69, 9.17) is 32.4 Å². The molecule has 0 saturated carbocycles. The van der Waals surface area contributed by atoms with Gasteiger partial charge in [0.05, 0.1) is 16.7 Å². The largest absolute Gasteiger partial charge is 0.459 e. The Kier molecular flexibility index (Phi) is 7.16. The van der Waals surface area contributed by atoms with Gasteiger partial charge in [0.2, 0.25) is 5.76 Å². The second-order valence-electron chi connectivity index (χ2n) is 6.99. The number of carbonyl (C=O) groups excluding carboxylic acids is 1. The number of carbonyl (C=O) groups is 1. The summed E-state index contributed by atoms with van der Waals surface area (Å²) in [6.45, 7) is 11.5. The first-order chi connectivity index (χ1) is 12.3. The molecule has 0 aliphatic rings. The van der Waals surface area contributed by atoms with Crippen LogP contribution in [0.3, 0.4) is 0 Å². The smallest absolute Gasteiger partial charge is 0.374 e. The fraction of sp³-hybridized carbons (Fsp3) is 0.450. The lowest BCUT2D eigenvalue weighted by Gasteiger charge is -2.30. The molecule has 1 heterocycles. The van der Waals surface area contributed by atoms with Crippen LogP contribution < -0.4 is 0 Å². The van der Waals surface area contributed by atoms with Gasteiger partial charge in [-0.1, -0.05) is 50.9 Å². The minimum atomic E-state index is -0.469. The summed E-state index contributed by atoms with van der Waals surface area (Å²) in [5.74, 6) is 0.242. The Morgan fingerprint density at radius 3 is 2.42 bits per heavy atom. The van der Waals surface area contributed by atoms with Crippen LogP contribution in [-0.4, -0.2) is 37.1 Å². The third-order valence-corrected chi connectivity index (χ3v) is 4.89. The highest BCUT2D eigenvalue weighted by Crippen LogP contribution is 2.30. The van der Waals surface area contributed by atoms with Crippen molar-refractivity contribution in [3.63, 3.8) is 0 Å². The molecular formula is C20H25Cl2NO3. The Morgan fingerprint density at radius 1 is 1.12 bits per heavy atom. The summed E-state index contributed by atoms with van der Waals surface area (Å²) in [5, 5.41) is 0.903. The average Bonchev–Trinajstić information content (AvgIpc) is 3.10. The number of furan rings is 1. The van der Waals surface area contributed by atoms with Crippen molar-refractivity contribution in [3.05, 3.63) is 46.1 Å². The molecule has 26 heavy (non-hydrogen) atoms. The number of rotatable bonds is 8. The zero-order valence-electron chi connectivity index (χ0n) is 15.6. The van der Waals surface area contributed by atoms with E-state index >= 15 is 0 Å². The van der Waals surface area contributed by atoms with E-state index in [9.17, 15) is 4.79 Å². The summed E-state index contributed by atoms with van der Waals surface area (Å²) in [7, 11) is 0. The molecule has 2 rings (SSSR count). The molecule has 0 spiro atoms. The Labute approximate surface area is 165 Å². The zero-order chi connectivity index (χ0) is 19.3. The quantitative estimate of drug-likeness (QED) is 0.529. The van der Waals surface area contributed by atoms with Gasteiger partial charge in [0, 0.05) is 17.5 Å². The first-order valence-electron chi connectivity index (χ1n) is 8.70. The molecule has 0 aliphatic carbocycles. The molecule has 2 aromatic rings. The van der Waals surface area contributed by atoms with Crippen LogP contribution in [0, 0.1) is 5.41 Å². The van der Waals surface area contributed by atoms with Gasteiger partial charge in [-0.3, -0.25) is 0 Å². The molecule has 0 radical (unpaired) electrons. The van der Waals surface area contributed by atoms with E-state index in [0.717, 1.165) is 25.2 Å². The van der Waals surface area contributed by atoms with E-state index in [0.29, 0.717) is 22.4 Å². The van der Waals surface area contributed by atoms with Gasteiger partial charge < -0.3 is 14.1 Å². The van der Waals surface area contributed by atoms with Crippen molar-refractivity contribution in [1.82, 2.24) is 4.90 Å². The van der Waals surface area contributed by atoms with E-state index in [2.05, 4.69) is 32.6 Å². The highest BCUT2D eigenvalue weighted by molar-refractivity contribution is 6.42. The van der Waals surface area contributed by atoms with Crippen molar-refractivity contribution in [3.8, 4) is 11.3 Å². The summed E-state index contributed by atoms with van der Waals surface area (Å²) in [6.07, 6.45) is 0. The highest BCUT2D eigenvalue weighted by Gasteiger charge is 2.24. The normalized spacial score (nSPS) is 11.8. The minimum absolute atomic E-state index is 0.138. The maximum absolute atomic E-state index is 12.3. The maximum atomic E-state index is 12.3. The van der Waals surface area contributed by atoms with Crippen LogP contribution in [0.1, 0.15) is 38.2 Å². The number of hydrogen-bond donors (Lipinski definition) is 0. The average molecular weight is 398 g/mol. The van der Waals surface area contributed by atoms with Crippen LogP contribution in [0.2, 0.25) is 10.0 Å². The van der Waals surface area contributed by atoms with Crippen molar-refractivity contribution < 1.29 is 13.9 Å². The van der Waals surface area contributed by atoms with Gasteiger partial charge in [-0.05, 0) is 43.4 Å². The van der Waals surface area contributed by atoms with Gasteiger partial charge >= 0.3 is 5.97 Å². The number of ether oxygens (including phenoxy) is 1. The maximum Gasteiger partial charge on any atom is 0.374 e. The standard InChI is InChI=1S/C20H25Cl2NO3/c1-5-23(6-2)12-20(3,4)13-25-19(24)18-10-9-17(26-18)14-7-8-15(21)16(22)11-14/h7-11H,5-6,12-13H2,1-4H3. The highest BCUT2D eigenvalue weighted by atomic mass is 35.5. The second kappa shape index (κ2) is 8.94. The third-order valence-electron chi connectivity index (χ3n) is 4.15. The van der Waals surface area contributed by atoms with E-state index < -0.39 is 5.97 Å². The van der Waals surface area contributed by atoms with Gasteiger partial charge in [0.1, 0.15) is 5.76 Å². The van der Waals surface area contributed by atoms with E-state index in [1.165, 1.54) is 0 Å². The lowest BCUT2D eigenvalue weighted by molar-refractivity contribution is 0.0243. The molecule has 0 atom stereocenters. The van der Waals surface area contributed by atoms with Crippen LogP contribution >= 0.6 is 23.2 Å². The van der Waals surface area contributed by atoms with Crippen LogP contribution in [0.5, 0.6) is 0 Å². The topological polar surface area (TPSA) is 42.7 Å². The molecule has 0 bridgehead atoms. The lowest BCUT2D eigenvalue weighted by Crippen LogP contribution is -2.37. The monoisotopic (exact) mass is 397 g/mol. The summed E-state index contributed by atoms with van der Waals surface area (Å²) < 4.78 is 11.1. The number of benzene rings is 1. The van der Waals surface area contributed by atoms with Gasteiger partial charge in [0.15, 0.2) is 0 Å². The summed E-state index contributed by atoms with van der Waals surface area (Å²) in [4.78, 5) is 14.6. The SMILES string of the molecule is CCN(CC)CC(C)(C)COC(=O)c1ccc(-c2ccc(Cl)c(Cl)c2)o1. The number of hydrogen-bond acceptors (Lipinski definition) is 4. The molecule has 0 fully saturated rings. The lowest BCUT2D eigenvalue weighted by atomic mass is 9.94. The Morgan fingerprint density at radius 2 is 1.81 bits per heavy atom. The van der Waals surface area contributed by atoms with Gasteiger partial charge in [-0.2, -0.15) is 0 Å². The zero-order valence-corrected chi connectivity index (χ0v) is 17.2. The van der Waals surface area contributed by atoms with E-state index in [1.54, 1.807) is 30.3 Å². The van der Waals surface area contributed by atoms with E-state index in [-0.39, 0.29) is 11.2 Å². The van der Waals surface area contributed by atoms with Gasteiger partial charge in [-0.25, -0.2) is 4.79 Å². The molecule has 0 saturated heterocycles. The van der Waals surface area contributed by atoms with Crippen LogP contribution in [-0.2, 0) is 4.74 Å². The Balaban J connectivity index is 2.00. The first kappa shape index (κ1) is 20.8. The molecule has 4 nitrogen and oxygen atoms in total. The second-order valence-corrected chi connectivity index (χ2v) is 7.81. The number of esters is 1. The molecular weight excluding hydrogens is 373 g/mol. The van der Waals surface area contributed by atoms with E-state index in [1.807, 2.05) is 0 Å². The van der Waals surface area contributed by atoms with Crippen molar-refractivity contribution in [1.29, 1.82) is 0 Å². The molecule has 142 valence electrons. The van der Waals surface area contributed by atoms with Crippen molar-refractivity contribution in [2.45, 2.75) is 27.7 Å². The number of halogens is 2. The van der Waals surface area contributed by atoms with Crippen molar-refractivity contribution in [2.75, 3.05) is 26.2 Å². The minimum Gasteiger partial charge on any atom is -0.459 e.